The van der Waals surface area contributed by atoms with E-state index in [9.17, 15) is 4.79 Å². The first-order valence-electron chi connectivity index (χ1n) is 10.9. The smallest absolute Gasteiger partial charge is 0.287 e. The zero-order valence-electron chi connectivity index (χ0n) is 19.9. The fraction of sp³-hybridized carbons (Fsp3) is 0.370. The van der Waals surface area contributed by atoms with E-state index in [1.54, 1.807) is 20.3 Å². The van der Waals surface area contributed by atoms with Crippen LogP contribution in [-0.2, 0) is 18.3 Å². The molecular weight excluding hydrogens is 402 g/mol. The van der Waals surface area contributed by atoms with Gasteiger partial charge in [-0.05, 0) is 71.3 Å². The van der Waals surface area contributed by atoms with Crippen molar-refractivity contribution in [2.24, 2.45) is 0 Å². The maximum Gasteiger partial charge on any atom is 0.287 e. The monoisotopic (exact) mass is 435 g/mol. The fourth-order valence-electron chi connectivity index (χ4n) is 3.59. The third kappa shape index (κ3) is 5.72. The van der Waals surface area contributed by atoms with E-state index in [4.69, 9.17) is 13.9 Å². The molecule has 0 bridgehead atoms. The van der Waals surface area contributed by atoms with Crippen LogP contribution in [-0.4, -0.2) is 26.7 Å². The Morgan fingerprint density at radius 1 is 0.969 bits per heavy atom. The van der Waals surface area contributed by atoms with Crippen molar-refractivity contribution >= 4 is 5.91 Å². The Bertz CT molecular complexity index is 1080. The molecule has 5 nitrogen and oxygen atoms in total. The number of carbonyl (C=O) groups is 1. The number of furan rings is 1. The van der Waals surface area contributed by atoms with Gasteiger partial charge in [0.2, 0.25) is 0 Å². The molecule has 2 aromatic carbocycles. The lowest BCUT2D eigenvalue weighted by atomic mass is 9.85. The summed E-state index contributed by atoms with van der Waals surface area (Å²) >= 11 is 0. The Labute approximate surface area is 190 Å². The molecule has 0 spiro atoms. The molecule has 0 aliphatic heterocycles. The van der Waals surface area contributed by atoms with Crippen molar-refractivity contribution in [1.82, 2.24) is 5.32 Å². The molecule has 0 fully saturated rings. The molecule has 0 aliphatic carbocycles. The minimum atomic E-state index is -0.224. The van der Waals surface area contributed by atoms with Crippen LogP contribution in [0.3, 0.4) is 0 Å². The first-order valence-corrected chi connectivity index (χ1v) is 10.9. The Morgan fingerprint density at radius 2 is 1.75 bits per heavy atom. The lowest BCUT2D eigenvalue weighted by Gasteiger charge is -2.20. The SMILES string of the molecule is COc1ccc(OC)c(CCNC(=O)c2ccc(Cc3cc(C(C)(C)C)ccc3C)o2)c1. The number of amides is 1. The van der Waals surface area contributed by atoms with Crippen molar-refractivity contribution < 1.29 is 18.7 Å². The van der Waals surface area contributed by atoms with Crippen molar-refractivity contribution in [1.29, 1.82) is 0 Å². The third-order valence-corrected chi connectivity index (χ3v) is 5.63. The van der Waals surface area contributed by atoms with E-state index in [-0.39, 0.29) is 11.3 Å². The van der Waals surface area contributed by atoms with Crippen LogP contribution in [0.1, 0.15) is 59.3 Å². The van der Waals surface area contributed by atoms with Gasteiger partial charge in [-0.3, -0.25) is 4.79 Å². The van der Waals surface area contributed by atoms with Crippen LogP contribution >= 0.6 is 0 Å². The van der Waals surface area contributed by atoms with E-state index >= 15 is 0 Å². The number of nitrogens with one attached hydrogen (secondary N) is 1. The van der Waals surface area contributed by atoms with Gasteiger partial charge in [0.25, 0.3) is 5.91 Å². The summed E-state index contributed by atoms with van der Waals surface area (Å²) in [6.45, 7) is 9.18. The van der Waals surface area contributed by atoms with Crippen molar-refractivity contribution in [3.63, 3.8) is 0 Å². The molecule has 1 N–H and O–H groups in total. The predicted molar refractivity (Wildman–Crippen MR) is 127 cm³/mol. The van der Waals surface area contributed by atoms with Gasteiger partial charge in [0.1, 0.15) is 17.3 Å². The number of aryl methyl sites for hydroxylation is 1. The summed E-state index contributed by atoms with van der Waals surface area (Å²) in [5, 5.41) is 2.92. The summed E-state index contributed by atoms with van der Waals surface area (Å²) in [5.74, 6) is 2.40. The lowest BCUT2D eigenvalue weighted by molar-refractivity contribution is 0.0924. The quantitative estimate of drug-likeness (QED) is 0.510. The highest BCUT2D eigenvalue weighted by Gasteiger charge is 2.16. The van der Waals surface area contributed by atoms with Gasteiger partial charge in [-0.1, -0.05) is 39.0 Å². The molecule has 0 saturated heterocycles. The average Bonchev–Trinajstić information content (AvgIpc) is 3.23. The maximum absolute atomic E-state index is 12.6. The average molecular weight is 436 g/mol. The molecule has 0 radical (unpaired) electrons. The van der Waals surface area contributed by atoms with E-state index in [0.29, 0.717) is 25.1 Å². The Balaban J connectivity index is 1.62. The zero-order chi connectivity index (χ0) is 23.3. The third-order valence-electron chi connectivity index (χ3n) is 5.63. The minimum absolute atomic E-state index is 0.0854. The molecular formula is C27H33NO4. The second-order valence-corrected chi connectivity index (χ2v) is 9.02. The summed E-state index contributed by atoms with van der Waals surface area (Å²) in [6, 6.07) is 15.8. The van der Waals surface area contributed by atoms with Crippen molar-refractivity contribution in [3.05, 3.63) is 82.3 Å². The molecule has 3 rings (SSSR count). The van der Waals surface area contributed by atoms with Crippen molar-refractivity contribution in [3.8, 4) is 11.5 Å². The molecule has 0 atom stereocenters. The Hall–Kier alpha value is -3.21. The van der Waals surface area contributed by atoms with Gasteiger partial charge in [-0.2, -0.15) is 0 Å². The highest BCUT2D eigenvalue weighted by atomic mass is 16.5. The summed E-state index contributed by atoms with van der Waals surface area (Å²) in [4.78, 5) is 12.6. The van der Waals surface area contributed by atoms with Crippen LogP contribution in [0.2, 0.25) is 0 Å². The van der Waals surface area contributed by atoms with Crippen molar-refractivity contribution in [2.75, 3.05) is 20.8 Å². The topological polar surface area (TPSA) is 60.7 Å². The summed E-state index contributed by atoms with van der Waals surface area (Å²) in [6.07, 6.45) is 1.28. The van der Waals surface area contributed by atoms with Gasteiger partial charge in [0.05, 0.1) is 14.2 Å². The lowest BCUT2D eigenvalue weighted by Crippen LogP contribution is -2.25. The van der Waals surface area contributed by atoms with E-state index in [1.165, 1.54) is 16.7 Å². The largest absolute Gasteiger partial charge is 0.497 e. The van der Waals surface area contributed by atoms with E-state index < -0.39 is 0 Å². The normalized spacial score (nSPS) is 11.3. The number of methoxy groups -OCH3 is 2. The van der Waals surface area contributed by atoms with Gasteiger partial charge < -0.3 is 19.2 Å². The van der Waals surface area contributed by atoms with Crippen LogP contribution in [0.25, 0.3) is 0 Å². The predicted octanol–water partition coefficient (Wildman–Crippen LogP) is 5.47. The van der Waals surface area contributed by atoms with Gasteiger partial charge in [-0.15, -0.1) is 0 Å². The summed E-state index contributed by atoms with van der Waals surface area (Å²) in [5.41, 5.74) is 4.77. The molecule has 32 heavy (non-hydrogen) atoms. The number of ether oxygens (including phenoxy) is 2. The van der Waals surface area contributed by atoms with Crippen LogP contribution < -0.4 is 14.8 Å². The summed E-state index contributed by atoms with van der Waals surface area (Å²) in [7, 11) is 3.26. The van der Waals surface area contributed by atoms with E-state index in [0.717, 1.165) is 22.8 Å². The molecule has 5 heteroatoms. The van der Waals surface area contributed by atoms with E-state index in [2.05, 4.69) is 51.2 Å². The van der Waals surface area contributed by atoms with Crippen LogP contribution in [0.5, 0.6) is 11.5 Å². The Morgan fingerprint density at radius 3 is 2.44 bits per heavy atom. The molecule has 3 aromatic rings. The standard InChI is InChI=1S/C27H33NO4/c1-18-7-8-21(27(2,3)4)15-20(18)17-23-10-12-25(32-23)26(29)28-14-13-19-16-22(30-5)9-11-24(19)31-6/h7-12,15-16H,13-14,17H2,1-6H3,(H,28,29). The van der Waals surface area contributed by atoms with Gasteiger partial charge in [-0.25, -0.2) is 0 Å². The number of rotatable bonds is 8. The molecule has 1 heterocycles. The second-order valence-electron chi connectivity index (χ2n) is 9.02. The second kappa shape index (κ2) is 9.94. The molecule has 0 saturated carbocycles. The van der Waals surface area contributed by atoms with E-state index in [1.807, 2.05) is 24.3 Å². The first-order chi connectivity index (χ1) is 15.2. The number of carbonyl (C=O) groups excluding carboxylic acids is 1. The number of benzene rings is 2. The molecule has 1 amide bonds. The maximum atomic E-state index is 12.6. The van der Waals surface area contributed by atoms with Crippen LogP contribution in [0.15, 0.2) is 52.9 Å². The first kappa shape index (κ1) is 23.5. The molecule has 1 aromatic heterocycles. The fourth-order valence-corrected chi connectivity index (χ4v) is 3.59. The summed E-state index contributed by atoms with van der Waals surface area (Å²) < 4.78 is 16.5. The van der Waals surface area contributed by atoms with Gasteiger partial charge in [0.15, 0.2) is 5.76 Å². The van der Waals surface area contributed by atoms with Gasteiger partial charge in [0, 0.05) is 13.0 Å². The highest BCUT2D eigenvalue weighted by molar-refractivity contribution is 5.91. The zero-order valence-corrected chi connectivity index (χ0v) is 19.9. The Kier molecular flexibility index (Phi) is 7.29. The highest BCUT2D eigenvalue weighted by Crippen LogP contribution is 2.26. The van der Waals surface area contributed by atoms with Crippen LogP contribution in [0.4, 0.5) is 0 Å². The number of hydrogen-bond donors (Lipinski definition) is 1. The molecule has 170 valence electrons. The molecule has 0 unspecified atom stereocenters. The number of hydrogen-bond acceptors (Lipinski definition) is 4. The van der Waals surface area contributed by atoms with Gasteiger partial charge >= 0.3 is 0 Å². The van der Waals surface area contributed by atoms with Crippen molar-refractivity contribution in [2.45, 2.75) is 46.0 Å². The minimum Gasteiger partial charge on any atom is -0.497 e. The molecule has 0 aliphatic rings. The van der Waals surface area contributed by atoms with Crippen LogP contribution in [0, 0.1) is 6.92 Å².